The van der Waals surface area contributed by atoms with Gasteiger partial charge in [-0.05, 0) is 34.4 Å². The number of nitrogens with zero attached hydrogens (tertiary/aromatic N) is 4. The zero-order chi connectivity index (χ0) is 24.2. The molecule has 0 saturated carbocycles. The van der Waals surface area contributed by atoms with Crippen LogP contribution in [0, 0.1) is 0 Å². The molecule has 4 aromatic carbocycles. The average molecular weight is 467 g/mol. The Bertz CT molecular complexity index is 1430. The molecule has 0 radical (unpaired) electrons. The Balaban J connectivity index is 1.45. The average Bonchev–Trinajstić information content (AvgIpc) is 3.55. The van der Waals surface area contributed by atoms with E-state index in [0.717, 1.165) is 33.9 Å². The molecule has 4 nitrogen and oxygen atoms in total. The Hall–Kier alpha value is -4.70. The fraction of sp³-hybridized carbons (Fsp3) is 0.0625. The van der Waals surface area contributed by atoms with Crippen molar-refractivity contribution in [3.63, 3.8) is 0 Å². The van der Waals surface area contributed by atoms with Crippen LogP contribution >= 0.6 is 0 Å². The van der Waals surface area contributed by atoms with Crippen LogP contribution in [0.4, 0.5) is 0 Å². The minimum atomic E-state index is 0.696. The van der Waals surface area contributed by atoms with E-state index >= 15 is 0 Å². The lowest BCUT2D eigenvalue weighted by molar-refractivity contribution is 0.685. The maximum absolute atomic E-state index is 5.05. The van der Waals surface area contributed by atoms with Crippen molar-refractivity contribution in [3.05, 3.63) is 145 Å². The van der Waals surface area contributed by atoms with Crippen molar-refractivity contribution in [1.29, 1.82) is 0 Å². The van der Waals surface area contributed by atoms with Crippen LogP contribution in [0.1, 0.15) is 11.1 Å². The lowest BCUT2D eigenvalue weighted by Crippen LogP contribution is -2.04. The number of aromatic nitrogens is 4. The van der Waals surface area contributed by atoms with Gasteiger partial charge in [0, 0.05) is 0 Å². The standard InChI is InChI=1S/C32H26N4/c1-5-13-25(14-6-1)23-35-31(27-17-9-3-10-18-27)21-29(33-35)30-22-32(28-19-11-4-12-20-28)36(34-30)24-26-15-7-2-8-16-26/h1-22H,23-24H2. The molecule has 6 rings (SSSR count). The van der Waals surface area contributed by atoms with Crippen LogP contribution in [0.2, 0.25) is 0 Å². The van der Waals surface area contributed by atoms with Gasteiger partial charge in [0.2, 0.25) is 0 Å². The molecular formula is C32H26N4. The number of hydrogen-bond donors (Lipinski definition) is 0. The highest BCUT2D eigenvalue weighted by atomic mass is 15.3. The maximum atomic E-state index is 5.05. The van der Waals surface area contributed by atoms with Gasteiger partial charge in [-0.3, -0.25) is 9.36 Å². The van der Waals surface area contributed by atoms with Crippen molar-refractivity contribution in [1.82, 2.24) is 19.6 Å². The molecule has 0 aliphatic carbocycles. The molecule has 4 heteroatoms. The first kappa shape index (κ1) is 21.8. The Labute approximate surface area is 211 Å². The van der Waals surface area contributed by atoms with Crippen molar-refractivity contribution in [2.24, 2.45) is 0 Å². The predicted octanol–water partition coefficient (Wildman–Crippen LogP) is 7.18. The Morgan fingerprint density at radius 2 is 0.750 bits per heavy atom. The summed E-state index contributed by atoms with van der Waals surface area (Å²) in [6.07, 6.45) is 0. The summed E-state index contributed by atoms with van der Waals surface area (Å²) in [5, 5.41) is 10.1. The molecule has 0 N–H and O–H groups in total. The normalized spacial score (nSPS) is 11.0. The van der Waals surface area contributed by atoms with Gasteiger partial charge in [0.05, 0.1) is 24.5 Å². The smallest absolute Gasteiger partial charge is 0.113 e. The van der Waals surface area contributed by atoms with Gasteiger partial charge in [-0.2, -0.15) is 10.2 Å². The van der Waals surface area contributed by atoms with Gasteiger partial charge in [-0.1, -0.05) is 121 Å². The Morgan fingerprint density at radius 3 is 1.11 bits per heavy atom. The van der Waals surface area contributed by atoms with E-state index in [2.05, 4.69) is 119 Å². The van der Waals surface area contributed by atoms with E-state index in [1.807, 2.05) is 24.3 Å². The van der Waals surface area contributed by atoms with Crippen LogP contribution in [0.15, 0.2) is 133 Å². The highest BCUT2D eigenvalue weighted by molar-refractivity contribution is 5.71. The molecule has 0 amide bonds. The highest BCUT2D eigenvalue weighted by Crippen LogP contribution is 2.30. The highest BCUT2D eigenvalue weighted by Gasteiger charge is 2.17. The first-order valence-corrected chi connectivity index (χ1v) is 12.2. The van der Waals surface area contributed by atoms with Crippen LogP contribution in [0.3, 0.4) is 0 Å². The summed E-state index contributed by atoms with van der Waals surface area (Å²) in [5.41, 5.74) is 8.59. The van der Waals surface area contributed by atoms with Crippen molar-refractivity contribution in [3.8, 4) is 33.9 Å². The molecule has 6 aromatic rings. The number of rotatable bonds is 7. The lowest BCUT2D eigenvalue weighted by Gasteiger charge is -2.07. The summed E-state index contributed by atoms with van der Waals surface area (Å²) in [6.45, 7) is 1.39. The summed E-state index contributed by atoms with van der Waals surface area (Å²) < 4.78 is 4.16. The summed E-state index contributed by atoms with van der Waals surface area (Å²) in [7, 11) is 0. The van der Waals surface area contributed by atoms with E-state index in [1.54, 1.807) is 0 Å². The Morgan fingerprint density at radius 1 is 0.417 bits per heavy atom. The molecule has 0 spiro atoms. The monoisotopic (exact) mass is 466 g/mol. The molecule has 0 fully saturated rings. The largest absolute Gasteiger partial charge is 0.260 e. The van der Waals surface area contributed by atoms with Gasteiger partial charge in [-0.25, -0.2) is 0 Å². The molecule has 174 valence electrons. The van der Waals surface area contributed by atoms with Gasteiger partial charge < -0.3 is 0 Å². The summed E-state index contributed by atoms with van der Waals surface area (Å²) in [5.74, 6) is 0. The summed E-state index contributed by atoms with van der Waals surface area (Å²) in [4.78, 5) is 0. The van der Waals surface area contributed by atoms with Gasteiger partial charge >= 0.3 is 0 Å². The topological polar surface area (TPSA) is 35.6 Å². The summed E-state index contributed by atoms with van der Waals surface area (Å²) in [6, 6.07) is 46.1. The zero-order valence-corrected chi connectivity index (χ0v) is 19.9. The second-order valence-corrected chi connectivity index (χ2v) is 8.85. The molecule has 0 atom stereocenters. The third-order valence-electron chi connectivity index (χ3n) is 6.31. The van der Waals surface area contributed by atoms with E-state index in [1.165, 1.54) is 11.1 Å². The third kappa shape index (κ3) is 4.62. The summed E-state index contributed by atoms with van der Waals surface area (Å²) >= 11 is 0. The molecule has 36 heavy (non-hydrogen) atoms. The van der Waals surface area contributed by atoms with Crippen LogP contribution < -0.4 is 0 Å². The Kier molecular flexibility index (Phi) is 5.99. The molecule has 0 unspecified atom stereocenters. The second kappa shape index (κ2) is 9.88. The fourth-order valence-corrected chi connectivity index (χ4v) is 4.52. The van der Waals surface area contributed by atoms with Gasteiger partial charge in [0.1, 0.15) is 11.4 Å². The van der Waals surface area contributed by atoms with Crippen LogP contribution in [0.5, 0.6) is 0 Å². The molecule has 0 saturated heterocycles. The molecular weight excluding hydrogens is 440 g/mol. The molecule has 0 aliphatic rings. The fourth-order valence-electron chi connectivity index (χ4n) is 4.52. The van der Waals surface area contributed by atoms with Gasteiger partial charge in [-0.15, -0.1) is 0 Å². The van der Waals surface area contributed by atoms with E-state index in [0.29, 0.717) is 13.1 Å². The minimum absolute atomic E-state index is 0.696. The number of hydrogen-bond acceptors (Lipinski definition) is 2. The van der Waals surface area contributed by atoms with Crippen molar-refractivity contribution < 1.29 is 0 Å². The predicted molar refractivity (Wildman–Crippen MR) is 145 cm³/mol. The van der Waals surface area contributed by atoms with E-state index in [4.69, 9.17) is 10.2 Å². The first-order chi connectivity index (χ1) is 17.8. The molecule has 0 aliphatic heterocycles. The molecule has 0 bridgehead atoms. The first-order valence-electron chi connectivity index (χ1n) is 12.2. The van der Waals surface area contributed by atoms with E-state index in [9.17, 15) is 0 Å². The number of benzene rings is 4. The van der Waals surface area contributed by atoms with E-state index < -0.39 is 0 Å². The van der Waals surface area contributed by atoms with Gasteiger partial charge in [0.15, 0.2) is 0 Å². The van der Waals surface area contributed by atoms with Crippen LogP contribution in [-0.4, -0.2) is 19.6 Å². The second-order valence-electron chi connectivity index (χ2n) is 8.85. The minimum Gasteiger partial charge on any atom is -0.260 e. The quantitative estimate of drug-likeness (QED) is 0.250. The maximum Gasteiger partial charge on any atom is 0.113 e. The SMILES string of the molecule is c1ccc(Cn2nc(-c3cc(-c4ccccc4)n(Cc4ccccc4)n3)cc2-c2ccccc2)cc1. The van der Waals surface area contributed by atoms with Crippen molar-refractivity contribution in [2.75, 3.05) is 0 Å². The lowest BCUT2D eigenvalue weighted by atomic mass is 10.1. The third-order valence-corrected chi connectivity index (χ3v) is 6.31. The van der Waals surface area contributed by atoms with Gasteiger partial charge in [0.25, 0.3) is 0 Å². The van der Waals surface area contributed by atoms with Crippen LogP contribution in [-0.2, 0) is 13.1 Å². The molecule has 2 heterocycles. The van der Waals surface area contributed by atoms with Crippen LogP contribution in [0.25, 0.3) is 33.9 Å². The van der Waals surface area contributed by atoms with E-state index in [-0.39, 0.29) is 0 Å². The molecule has 2 aromatic heterocycles. The van der Waals surface area contributed by atoms with Crippen molar-refractivity contribution >= 4 is 0 Å². The zero-order valence-electron chi connectivity index (χ0n) is 19.9. The van der Waals surface area contributed by atoms with Crippen molar-refractivity contribution in [2.45, 2.75) is 13.1 Å².